The fourth-order valence-corrected chi connectivity index (χ4v) is 2.57. The molecular weight excluding hydrogens is 352 g/mol. The fraction of sp³-hybridized carbons (Fsp3) is 0.136. The maximum absolute atomic E-state index is 12.2. The molecule has 3 aromatic rings. The van der Waals surface area contributed by atoms with Gasteiger partial charge in [-0.25, -0.2) is 9.48 Å². The van der Waals surface area contributed by atoms with Crippen molar-refractivity contribution in [1.82, 2.24) is 9.78 Å². The van der Waals surface area contributed by atoms with Crippen molar-refractivity contribution >= 4 is 17.7 Å². The lowest BCUT2D eigenvalue weighted by molar-refractivity contribution is -0.139. The predicted octanol–water partition coefficient (Wildman–Crippen LogP) is 3.59. The summed E-state index contributed by atoms with van der Waals surface area (Å²) in [6.45, 7) is 0.0941. The average Bonchev–Trinajstić information content (AvgIpc) is 3.26. The Morgan fingerprint density at radius 2 is 1.89 bits per heavy atom. The van der Waals surface area contributed by atoms with Crippen molar-refractivity contribution in [3.05, 3.63) is 83.7 Å². The highest BCUT2D eigenvalue weighted by Crippen LogP contribution is 2.16. The van der Waals surface area contributed by atoms with Gasteiger partial charge < -0.3 is 9.64 Å². The second-order valence-electron chi connectivity index (χ2n) is 6.35. The third-order valence-electron chi connectivity index (χ3n) is 4.14. The highest BCUT2D eigenvalue weighted by atomic mass is 16.5. The summed E-state index contributed by atoms with van der Waals surface area (Å²) < 4.78 is 7.03. The summed E-state index contributed by atoms with van der Waals surface area (Å²) in [5.41, 5.74) is 3.51. The molecule has 0 radical (unpaired) electrons. The Bertz CT molecular complexity index is 996. The van der Waals surface area contributed by atoms with Crippen LogP contribution in [0.15, 0.2) is 72.6 Å². The van der Waals surface area contributed by atoms with Gasteiger partial charge in [0.25, 0.3) is 0 Å². The van der Waals surface area contributed by atoms with Gasteiger partial charge >= 0.3 is 5.97 Å². The minimum atomic E-state index is -0.643. The summed E-state index contributed by atoms with van der Waals surface area (Å²) in [5.74, 6) is -0.643. The molecule has 0 aliphatic carbocycles. The summed E-state index contributed by atoms with van der Waals surface area (Å²) in [4.78, 5) is 14.2. The quantitative estimate of drug-likeness (QED) is 0.376. The van der Waals surface area contributed by atoms with Gasteiger partial charge in [0.1, 0.15) is 18.2 Å². The Labute approximate surface area is 163 Å². The Hall–Kier alpha value is -3.85. The highest BCUT2D eigenvalue weighted by Gasteiger charge is 2.11. The van der Waals surface area contributed by atoms with E-state index in [0.29, 0.717) is 0 Å². The fourth-order valence-electron chi connectivity index (χ4n) is 2.57. The standard InChI is InChI=1S/C22H20N4O2/c1-25(2)20-8-4-17(5-9-20)14-19(15-23)22(27)28-16-18-6-10-21(11-7-18)26-13-3-12-24-26/h3-14H,16H2,1-2H3/b19-14+. The average molecular weight is 372 g/mol. The Morgan fingerprint density at radius 1 is 1.18 bits per heavy atom. The van der Waals surface area contributed by atoms with Gasteiger partial charge in [-0.2, -0.15) is 10.4 Å². The van der Waals surface area contributed by atoms with Crippen LogP contribution in [0.3, 0.4) is 0 Å². The Balaban J connectivity index is 1.63. The molecule has 0 N–H and O–H groups in total. The molecule has 0 bridgehead atoms. The number of carbonyl (C=O) groups excluding carboxylic acids is 1. The summed E-state index contributed by atoms with van der Waals surface area (Å²) in [6, 6.07) is 18.8. The van der Waals surface area contributed by atoms with E-state index >= 15 is 0 Å². The number of nitrogens with zero attached hydrogens (tertiary/aromatic N) is 4. The van der Waals surface area contributed by atoms with E-state index < -0.39 is 5.97 Å². The van der Waals surface area contributed by atoms with Gasteiger partial charge in [-0.05, 0) is 47.5 Å². The van der Waals surface area contributed by atoms with Crippen LogP contribution in [-0.4, -0.2) is 29.8 Å². The van der Waals surface area contributed by atoms with Crippen molar-refractivity contribution in [3.8, 4) is 11.8 Å². The molecule has 6 heteroatoms. The summed E-state index contributed by atoms with van der Waals surface area (Å²) in [6.07, 6.45) is 5.09. The molecule has 0 atom stereocenters. The predicted molar refractivity (Wildman–Crippen MR) is 108 cm³/mol. The molecule has 1 heterocycles. The topological polar surface area (TPSA) is 71.2 Å². The maximum atomic E-state index is 12.2. The van der Waals surface area contributed by atoms with Crippen molar-refractivity contribution in [2.45, 2.75) is 6.61 Å². The Morgan fingerprint density at radius 3 is 2.46 bits per heavy atom. The molecule has 6 nitrogen and oxygen atoms in total. The van der Waals surface area contributed by atoms with E-state index in [-0.39, 0.29) is 12.2 Å². The first-order chi connectivity index (χ1) is 13.6. The number of hydrogen-bond donors (Lipinski definition) is 0. The Kier molecular flexibility index (Phi) is 5.87. The van der Waals surface area contributed by atoms with Crippen LogP contribution in [0.2, 0.25) is 0 Å². The van der Waals surface area contributed by atoms with Crippen LogP contribution in [0.1, 0.15) is 11.1 Å². The van der Waals surface area contributed by atoms with Crippen LogP contribution >= 0.6 is 0 Å². The van der Waals surface area contributed by atoms with Crippen LogP contribution in [-0.2, 0) is 16.1 Å². The first-order valence-electron chi connectivity index (χ1n) is 8.72. The molecule has 140 valence electrons. The van der Waals surface area contributed by atoms with E-state index in [0.717, 1.165) is 22.5 Å². The minimum Gasteiger partial charge on any atom is -0.457 e. The number of esters is 1. The van der Waals surface area contributed by atoms with E-state index in [1.54, 1.807) is 10.9 Å². The first kappa shape index (κ1) is 18.9. The number of aromatic nitrogens is 2. The first-order valence-corrected chi connectivity index (χ1v) is 8.72. The van der Waals surface area contributed by atoms with Crippen LogP contribution < -0.4 is 4.90 Å². The van der Waals surface area contributed by atoms with Gasteiger partial charge in [-0.1, -0.05) is 24.3 Å². The largest absolute Gasteiger partial charge is 0.457 e. The zero-order valence-corrected chi connectivity index (χ0v) is 15.7. The smallest absolute Gasteiger partial charge is 0.349 e. The maximum Gasteiger partial charge on any atom is 0.349 e. The molecule has 1 aromatic heterocycles. The molecule has 0 spiro atoms. The number of nitriles is 1. The normalized spacial score (nSPS) is 11.0. The van der Waals surface area contributed by atoms with Crippen molar-refractivity contribution in [2.24, 2.45) is 0 Å². The SMILES string of the molecule is CN(C)c1ccc(/C=C(\C#N)C(=O)OCc2ccc(-n3cccn3)cc2)cc1. The molecule has 0 saturated heterocycles. The van der Waals surface area contributed by atoms with Crippen LogP contribution in [0.4, 0.5) is 5.69 Å². The number of ether oxygens (including phenoxy) is 1. The van der Waals surface area contributed by atoms with Crippen molar-refractivity contribution in [2.75, 3.05) is 19.0 Å². The minimum absolute atomic E-state index is 0.0363. The molecular formula is C22H20N4O2. The van der Waals surface area contributed by atoms with E-state index in [4.69, 9.17) is 4.74 Å². The van der Waals surface area contributed by atoms with Gasteiger partial charge in [-0.3, -0.25) is 0 Å². The van der Waals surface area contributed by atoms with Gasteiger partial charge in [-0.15, -0.1) is 0 Å². The van der Waals surface area contributed by atoms with Crippen molar-refractivity contribution in [3.63, 3.8) is 0 Å². The molecule has 0 aliphatic heterocycles. The highest BCUT2D eigenvalue weighted by molar-refractivity contribution is 5.97. The number of benzene rings is 2. The molecule has 0 unspecified atom stereocenters. The van der Waals surface area contributed by atoms with Gasteiger partial charge in [0.15, 0.2) is 0 Å². The molecule has 2 aromatic carbocycles. The van der Waals surface area contributed by atoms with Crippen LogP contribution in [0.5, 0.6) is 0 Å². The zero-order valence-electron chi connectivity index (χ0n) is 15.7. The van der Waals surface area contributed by atoms with E-state index in [9.17, 15) is 10.1 Å². The molecule has 0 aliphatic rings. The van der Waals surface area contributed by atoms with Gasteiger partial charge in [0.2, 0.25) is 0 Å². The van der Waals surface area contributed by atoms with E-state index in [1.807, 2.05) is 85.9 Å². The summed E-state index contributed by atoms with van der Waals surface area (Å²) >= 11 is 0. The van der Waals surface area contributed by atoms with Crippen LogP contribution in [0.25, 0.3) is 11.8 Å². The number of rotatable bonds is 6. The van der Waals surface area contributed by atoms with E-state index in [1.165, 1.54) is 6.08 Å². The lowest BCUT2D eigenvalue weighted by atomic mass is 10.1. The number of hydrogen-bond acceptors (Lipinski definition) is 5. The summed E-state index contributed by atoms with van der Waals surface area (Å²) in [7, 11) is 3.90. The zero-order chi connectivity index (χ0) is 19.9. The monoisotopic (exact) mass is 372 g/mol. The number of carbonyl (C=O) groups is 1. The second kappa shape index (κ2) is 8.69. The molecule has 0 amide bonds. The third kappa shape index (κ3) is 4.65. The van der Waals surface area contributed by atoms with Crippen molar-refractivity contribution in [1.29, 1.82) is 5.26 Å². The van der Waals surface area contributed by atoms with Crippen LogP contribution in [0, 0.1) is 11.3 Å². The van der Waals surface area contributed by atoms with Gasteiger partial charge in [0, 0.05) is 32.2 Å². The molecule has 0 fully saturated rings. The molecule has 0 saturated carbocycles. The third-order valence-corrected chi connectivity index (χ3v) is 4.14. The molecule has 3 rings (SSSR count). The molecule has 28 heavy (non-hydrogen) atoms. The van der Waals surface area contributed by atoms with Gasteiger partial charge in [0.05, 0.1) is 5.69 Å². The summed E-state index contributed by atoms with van der Waals surface area (Å²) in [5, 5.41) is 13.5. The lowest BCUT2D eigenvalue weighted by Gasteiger charge is -2.11. The van der Waals surface area contributed by atoms with E-state index in [2.05, 4.69) is 5.10 Å². The number of anilines is 1. The lowest BCUT2D eigenvalue weighted by Crippen LogP contribution is -2.08. The van der Waals surface area contributed by atoms with Crippen molar-refractivity contribution < 1.29 is 9.53 Å². The second-order valence-corrected chi connectivity index (χ2v) is 6.35.